The summed E-state index contributed by atoms with van der Waals surface area (Å²) in [7, 11) is 0. The van der Waals surface area contributed by atoms with Gasteiger partial charge in [-0.3, -0.25) is 9.78 Å². The van der Waals surface area contributed by atoms with Crippen LogP contribution in [0, 0.1) is 0 Å². The average molecular weight is 369 g/mol. The van der Waals surface area contributed by atoms with Gasteiger partial charge in [0.1, 0.15) is 5.03 Å². The number of hydrogen-bond donors (Lipinski definition) is 1. The van der Waals surface area contributed by atoms with E-state index >= 15 is 0 Å². The molecule has 0 fully saturated rings. The smallest absolute Gasteiger partial charge is 0.230 e. The fraction of sp³-hybridized carbons (Fsp3) is 0.278. The van der Waals surface area contributed by atoms with Gasteiger partial charge in [-0.2, -0.15) is 4.98 Å². The van der Waals surface area contributed by atoms with E-state index in [4.69, 9.17) is 4.52 Å². The van der Waals surface area contributed by atoms with Gasteiger partial charge in [0.15, 0.2) is 0 Å². The molecule has 0 saturated carbocycles. The van der Waals surface area contributed by atoms with Gasteiger partial charge in [0, 0.05) is 25.0 Å². The van der Waals surface area contributed by atoms with Crippen LogP contribution in [-0.2, 0) is 11.2 Å². The summed E-state index contributed by atoms with van der Waals surface area (Å²) in [6.07, 6.45) is 5.81. The number of aryl methyl sites for hydroxylation is 1. The maximum Gasteiger partial charge on any atom is 0.230 e. The third kappa shape index (κ3) is 4.45. The van der Waals surface area contributed by atoms with E-state index < -0.39 is 0 Å². The first-order chi connectivity index (χ1) is 12.7. The molecule has 0 aromatic carbocycles. The highest BCUT2D eigenvalue weighted by molar-refractivity contribution is 8.00. The van der Waals surface area contributed by atoms with Crippen molar-refractivity contribution in [1.82, 2.24) is 25.4 Å². The molecule has 134 valence electrons. The molecule has 3 heterocycles. The van der Waals surface area contributed by atoms with E-state index in [-0.39, 0.29) is 17.7 Å². The van der Waals surface area contributed by atoms with Gasteiger partial charge >= 0.3 is 0 Å². The van der Waals surface area contributed by atoms with Crippen molar-refractivity contribution < 1.29 is 9.32 Å². The molecule has 7 nitrogen and oxygen atoms in total. The second kappa shape index (κ2) is 8.57. The molecule has 3 aromatic heterocycles. The maximum absolute atomic E-state index is 12.3. The Morgan fingerprint density at radius 2 is 2.15 bits per heavy atom. The fourth-order valence-corrected chi connectivity index (χ4v) is 3.12. The Morgan fingerprint density at radius 1 is 1.31 bits per heavy atom. The van der Waals surface area contributed by atoms with Crippen molar-refractivity contribution in [1.29, 1.82) is 0 Å². The highest BCUT2D eigenvalue weighted by atomic mass is 32.2. The zero-order valence-electron chi connectivity index (χ0n) is 14.5. The quantitative estimate of drug-likeness (QED) is 0.640. The molecule has 3 rings (SSSR count). The zero-order valence-corrected chi connectivity index (χ0v) is 15.4. The fourth-order valence-electron chi connectivity index (χ4n) is 2.32. The molecular formula is C18H19N5O2S. The van der Waals surface area contributed by atoms with Crippen molar-refractivity contribution in [3.05, 3.63) is 54.3 Å². The Kier molecular flexibility index (Phi) is 5.96. The molecule has 26 heavy (non-hydrogen) atoms. The third-order valence-electron chi connectivity index (χ3n) is 3.68. The summed E-state index contributed by atoms with van der Waals surface area (Å²) in [4.78, 5) is 25.0. The molecule has 3 aromatic rings. The third-order valence-corrected chi connectivity index (χ3v) is 4.69. The number of hydrogen-bond acceptors (Lipinski definition) is 7. The molecule has 0 saturated heterocycles. The lowest BCUT2D eigenvalue weighted by Gasteiger charge is -2.13. The summed E-state index contributed by atoms with van der Waals surface area (Å²) < 4.78 is 5.17. The standard InChI is InChI=1S/C18H19N5O2S/c1-3-16-22-17(23-25-16)14-7-5-9-20-18(14)26-11-15(24)21-12(2)13-6-4-8-19-10-13/h4-10,12H,3,11H2,1-2H3,(H,21,24). The van der Waals surface area contributed by atoms with Gasteiger partial charge in [0.2, 0.25) is 17.6 Å². The van der Waals surface area contributed by atoms with E-state index in [1.54, 1.807) is 18.6 Å². The first-order valence-electron chi connectivity index (χ1n) is 8.27. The van der Waals surface area contributed by atoms with Crippen LogP contribution in [0.4, 0.5) is 0 Å². The van der Waals surface area contributed by atoms with Crippen molar-refractivity contribution in [2.24, 2.45) is 0 Å². The lowest BCUT2D eigenvalue weighted by atomic mass is 10.1. The van der Waals surface area contributed by atoms with Crippen molar-refractivity contribution in [3.63, 3.8) is 0 Å². The van der Waals surface area contributed by atoms with Gasteiger partial charge in [0.25, 0.3) is 0 Å². The normalized spacial score (nSPS) is 11.9. The molecular weight excluding hydrogens is 350 g/mol. The second-order valence-electron chi connectivity index (χ2n) is 5.59. The van der Waals surface area contributed by atoms with E-state index in [2.05, 4.69) is 25.4 Å². The average Bonchev–Trinajstić information content (AvgIpc) is 3.16. The zero-order chi connectivity index (χ0) is 18.4. The highest BCUT2D eigenvalue weighted by Crippen LogP contribution is 2.27. The van der Waals surface area contributed by atoms with Gasteiger partial charge in [-0.05, 0) is 30.7 Å². The van der Waals surface area contributed by atoms with Crippen LogP contribution in [-0.4, -0.2) is 31.8 Å². The molecule has 1 unspecified atom stereocenters. The number of carbonyl (C=O) groups excluding carboxylic acids is 1. The molecule has 0 aliphatic rings. The van der Waals surface area contributed by atoms with E-state index in [0.29, 0.717) is 23.2 Å². The van der Waals surface area contributed by atoms with Crippen LogP contribution in [0.2, 0.25) is 0 Å². The molecule has 0 aliphatic carbocycles. The van der Waals surface area contributed by atoms with Gasteiger partial charge in [0.05, 0.1) is 17.4 Å². The van der Waals surface area contributed by atoms with Crippen LogP contribution in [0.15, 0.2) is 52.4 Å². The number of nitrogens with one attached hydrogen (secondary N) is 1. The number of amides is 1. The molecule has 1 amide bonds. The molecule has 1 atom stereocenters. The Morgan fingerprint density at radius 3 is 2.88 bits per heavy atom. The molecule has 0 spiro atoms. The van der Waals surface area contributed by atoms with Crippen LogP contribution < -0.4 is 5.32 Å². The predicted octanol–water partition coefficient (Wildman–Crippen LogP) is 3.06. The Hall–Kier alpha value is -2.74. The second-order valence-corrected chi connectivity index (χ2v) is 6.55. The molecule has 0 bridgehead atoms. The summed E-state index contributed by atoms with van der Waals surface area (Å²) >= 11 is 1.34. The summed E-state index contributed by atoms with van der Waals surface area (Å²) in [6, 6.07) is 7.36. The summed E-state index contributed by atoms with van der Waals surface area (Å²) in [5.41, 5.74) is 1.72. The minimum absolute atomic E-state index is 0.0784. The SMILES string of the molecule is CCc1nc(-c2cccnc2SCC(=O)NC(C)c2cccnc2)no1. The van der Waals surface area contributed by atoms with E-state index in [1.807, 2.05) is 38.1 Å². The Bertz CT molecular complexity index is 869. The maximum atomic E-state index is 12.3. The molecule has 0 radical (unpaired) electrons. The first kappa shape index (κ1) is 18.1. The summed E-state index contributed by atoms with van der Waals surface area (Å²) in [6.45, 7) is 3.88. The number of pyridine rings is 2. The molecule has 0 aliphatic heterocycles. The van der Waals surface area contributed by atoms with Crippen molar-refractivity contribution in [2.75, 3.05) is 5.75 Å². The van der Waals surface area contributed by atoms with Gasteiger partial charge in [-0.25, -0.2) is 4.98 Å². The number of thioether (sulfide) groups is 1. The first-order valence-corrected chi connectivity index (χ1v) is 9.26. The van der Waals surface area contributed by atoms with Crippen LogP contribution >= 0.6 is 11.8 Å². The van der Waals surface area contributed by atoms with Crippen molar-refractivity contribution in [2.45, 2.75) is 31.3 Å². The number of carbonyl (C=O) groups is 1. The summed E-state index contributed by atoms with van der Waals surface area (Å²) in [5, 5.41) is 7.64. The number of aromatic nitrogens is 4. The number of rotatable bonds is 7. The minimum Gasteiger partial charge on any atom is -0.349 e. The van der Waals surface area contributed by atoms with Gasteiger partial charge in [-0.1, -0.05) is 29.9 Å². The largest absolute Gasteiger partial charge is 0.349 e. The van der Waals surface area contributed by atoms with E-state index in [9.17, 15) is 4.79 Å². The molecule has 1 N–H and O–H groups in total. The predicted molar refractivity (Wildman–Crippen MR) is 98.4 cm³/mol. The number of nitrogens with zero attached hydrogens (tertiary/aromatic N) is 4. The van der Waals surface area contributed by atoms with Crippen LogP contribution in [0.1, 0.15) is 31.3 Å². The lowest BCUT2D eigenvalue weighted by molar-refractivity contribution is -0.119. The van der Waals surface area contributed by atoms with Crippen LogP contribution in [0.3, 0.4) is 0 Å². The van der Waals surface area contributed by atoms with Crippen LogP contribution in [0.5, 0.6) is 0 Å². The monoisotopic (exact) mass is 369 g/mol. The molecule has 8 heteroatoms. The van der Waals surface area contributed by atoms with Gasteiger partial charge in [-0.15, -0.1) is 0 Å². The highest BCUT2D eigenvalue weighted by Gasteiger charge is 2.15. The Balaban J connectivity index is 1.63. The van der Waals surface area contributed by atoms with Gasteiger partial charge < -0.3 is 9.84 Å². The summed E-state index contributed by atoms with van der Waals surface area (Å²) in [5.74, 6) is 1.22. The van der Waals surface area contributed by atoms with Crippen molar-refractivity contribution >= 4 is 17.7 Å². The van der Waals surface area contributed by atoms with E-state index in [0.717, 1.165) is 11.1 Å². The van der Waals surface area contributed by atoms with Crippen LogP contribution in [0.25, 0.3) is 11.4 Å². The van der Waals surface area contributed by atoms with E-state index in [1.165, 1.54) is 11.8 Å². The topological polar surface area (TPSA) is 93.8 Å². The van der Waals surface area contributed by atoms with Crippen molar-refractivity contribution in [3.8, 4) is 11.4 Å². The Labute approximate surface area is 155 Å². The lowest BCUT2D eigenvalue weighted by Crippen LogP contribution is -2.28. The minimum atomic E-state index is -0.107.